The molecule has 0 amide bonds. The predicted molar refractivity (Wildman–Crippen MR) is 77.1 cm³/mol. The van der Waals surface area contributed by atoms with Crippen molar-refractivity contribution in [1.29, 1.82) is 0 Å². The zero-order valence-electron chi connectivity index (χ0n) is 12.0. The summed E-state index contributed by atoms with van der Waals surface area (Å²) in [6.07, 6.45) is 12.2. The molecule has 1 aliphatic carbocycles. The molecule has 1 saturated carbocycles. The topological polar surface area (TPSA) is 33.1 Å². The summed E-state index contributed by atoms with van der Waals surface area (Å²) in [5.74, 6) is 0. The molecule has 1 aliphatic heterocycles. The Morgan fingerprint density at radius 1 is 1.32 bits per heavy atom. The van der Waals surface area contributed by atoms with Crippen LogP contribution in [0.25, 0.3) is 0 Å². The molecule has 2 aliphatic rings. The van der Waals surface area contributed by atoms with Gasteiger partial charge in [0, 0.05) is 24.8 Å². The van der Waals surface area contributed by atoms with E-state index in [4.69, 9.17) is 0 Å². The van der Waals surface area contributed by atoms with Crippen LogP contribution in [0.2, 0.25) is 0 Å². The van der Waals surface area contributed by atoms with Crippen LogP contribution in [-0.4, -0.2) is 40.6 Å². The van der Waals surface area contributed by atoms with Gasteiger partial charge in [-0.25, -0.2) is 4.98 Å². The first-order chi connectivity index (χ1) is 9.38. The fourth-order valence-corrected chi connectivity index (χ4v) is 3.25. The summed E-state index contributed by atoms with van der Waals surface area (Å²) >= 11 is 0. The minimum atomic E-state index is 0.748. The van der Waals surface area contributed by atoms with Crippen LogP contribution >= 0.6 is 0 Å². The minimum absolute atomic E-state index is 0.748. The molecular formula is C15H26N4. The first-order valence-electron chi connectivity index (χ1n) is 7.78. The van der Waals surface area contributed by atoms with Gasteiger partial charge in [0.25, 0.3) is 0 Å². The maximum absolute atomic E-state index is 4.36. The lowest BCUT2D eigenvalue weighted by Crippen LogP contribution is -2.40. The van der Waals surface area contributed by atoms with Crippen LogP contribution in [0, 0.1) is 0 Å². The van der Waals surface area contributed by atoms with Crippen LogP contribution in [0.5, 0.6) is 0 Å². The predicted octanol–water partition coefficient (Wildman–Crippen LogP) is 2.18. The summed E-state index contributed by atoms with van der Waals surface area (Å²) < 4.78 is 2.41. The van der Waals surface area contributed by atoms with E-state index >= 15 is 0 Å². The molecule has 3 rings (SSSR count). The number of likely N-dealkylation sites (tertiary alicyclic amines) is 1. The van der Waals surface area contributed by atoms with Gasteiger partial charge in [-0.1, -0.05) is 6.42 Å². The molecule has 1 saturated heterocycles. The molecule has 1 aromatic heterocycles. The third kappa shape index (κ3) is 3.18. The van der Waals surface area contributed by atoms with Crippen LogP contribution in [0.1, 0.15) is 50.3 Å². The normalized spacial score (nSPS) is 24.8. The molecule has 4 heteroatoms. The third-order valence-corrected chi connectivity index (χ3v) is 4.53. The van der Waals surface area contributed by atoms with Crippen molar-refractivity contribution in [3.05, 3.63) is 18.2 Å². The smallest absolute Gasteiger partial charge is 0.0951 e. The summed E-state index contributed by atoms with van der Waals surface area (Å²) in [4.78, 5) is 7.04. The molecule has 1 N–H and O–H groups in total. The molecule has 1 unspecified atom stereocenters. The van der Waals surface area contributed by atoms with Crippen molar-refractivity contribution < 1.29 is 0 Å². The van der Waals surface area contributed by atoms with Gasteiger partial charge in [0.05, 0.1) is 12.0 Å². The van der Waals surface area contributed by atoms with Gasteiger partial charge in [0.1, 0.15) is 0 Å². The van der Waals surface area contributed by atoms with Gasteiger partial charge in [0.2, 0.25) is 0 Å². The molecule has 4 nitrogen and oxygen atoms in total. The van der Waals surface area contributed by atoms with E-state index < -0.39 is 0 Å². The maximum Gasteiger partial charge on any atom is 0.0951 e. The summed E-state index contributed by atoms with van der Waals surface area (Å²) in [5, 5.41) is 3.29. The van der Waals surface area contributed by atoms with Crippen molar-refractivity contribution in [1.82, 2.24) is 19.8 Å². The third-order valence-electron chi connectivity index (χ3n) is 4.53. The zero-order valence-corrected chi connectivity index (χ0v) is 12.0. The molecule has 106 valence electrons. The number of aromatic nitrogens is 2. The Bertz CT molecular complexity index is 397. The Labute approximate surface area is 116 Å². The minimum Gasteiger partial charge on any atom is -0.330 e. The second-order valence-corrected chi connectivity index (χ2v) is 6.04. The summed E-state index contributed by atoms with van der Waals surface area (Å²) in [6.45, 7) is 3.47. The van der Waals surface area contributed by atoms with Gasteiger partial charge >= 0.3 is 0 Å². The van der Waals surface area contributed by atoms with Crippen molar-refractivity contribution in [3.63, 3.8) is 0 Å². The Morgan fingerprint density at radius 3 is 3.00 bits per heavy atom. The molecule has 0 aromatic carbocycles. The Morgan fingerprint density at radius 2 is 2.21 bits per heavy atom. The van der Waals surface area contributed by atoms with Gasteiger partial charge in [0.15, 0.2) is 0 Å². The fraction of sp³-hybridized carbons (Fsp3) is 0.800. The van der Waals surface area contributed by atoms with E-state index in [0.717, 1.165) is 25.2 Å². The first kappa shape index (κ1) is 13.1. The first-order valence-corrected chi connectivity index (χ1v) is 7.78. The zero-order chi connectivity index (χ0) is 13.1. The average molecular weight is 262 g/mol. The van der Waals surface area contributed by atoms with Crippen molar-refractivity contribution >= 4 is 0 Å². The highest BCUT2D eigenvalue weighted by Crippen LogP contribution is 2.36. The van der Waals surface area contributed by atoms with Crippen LogP contribution in [0.4, 0.5) is 0 Å². The molecule has 2 heterocycles. The van der Waals surface area contributed by atoms with Crippen molar-refractivity contribution in [2.75, 3.05) is 20.1 Å². The Balaban J connectivity index is 1.63. The van der Waals surface area contributed by atoms with Gasteiger partial charge in [-0.3, -0.25) is 4.90 Å². The van der Waals surface area contributed by atoms with E-state index in [9.17, 15) is 0 Å². The van der Waals surface area contributed by atoms with E-state index in [0.29, 0.717) is 0 Å². The standard InChI is InChI=1S/C15H26N4/c1-16-8-7-13-4-2-3-9-18(13)11-15-10-17-12-19(15)14-5-6-14/h10,12-14,16H,2-9,11H2,1H3. The van der Waals surface area contributed by atoms with E-state index in [1.807, 2.05) is 6.33 Å². The summed E-state index contributed by atoms with van der Waals surface area (Å²) in [7, 11) is 2.05. The molecular weight excluding hydrogens is 236 g/mol. The van der Waals surface area contributed by atoms with Crippen LogP contribution in [0.15, 0.2) is 12.5 Å². The highest BCUT2D eigenvalue weighted by Gasteiger charge is 2.27. The number of piperidine rings is 1. The average Bonchev–Trinajstić information content (AvgIpc) is 3.18. The molecule has 19 heavy (non-hydrogen) atoms. The molecule has 1 aromatic rings. The van der Waals surface area contributed by atoms with Gasteiger partial charge < -0.3 is 9.88 Å². The highest BCUT2D eigenvalue weighted by atomic mass is 15.2. The number of hydrogen-bond acceptors (Lipinski definition) is 3. The monoisotopic (exact) mass is 262 g/mol. The Kier molecular flexibility index (Phi) is 4.18. The van der Waals surface area contributed by atoms with Crippen molar-refractivity contribution in [2.24, 2.45) is 0 Å². The van der Waals surface area contributed by atoms with Crippen LogP contribution in [-0.2, 0) is 6.54 Å². The summed E-state index contributed by atoms with van der Waals surface area (Å²) in [6, 6.07) is 1.50. The lowest BCUT2D eigenvalue weighted by molar-refractivity contribution is 0.129. The molecule has 2 fully saturated rings. The summed E-state index contributed by atoms with van der Waals surface area (Å²) in [5.41, 5.74) is 1.42. The number of rotatable bonds is 6. The van der Waals surface area contributed by atoms with Crippen molar-refractivity contribution in [2.45, 2.75) is 57.2 Å². The lowest BCUT2D eigenvalue weighted by Gasteiger charge is -2.36. The van der Waals surface area contributed by atoms with Crippen molar-refractivity contribution in [3.8, 4) is 0 Å². The number of imidazole rings is 1. The number of nitrogens with one attached hydrogen (secondary N) is 1. The fourth-order valence-electron chi connectivity index (χ4n) is 3.25. The second-order valence-electron chi connectivity index (χ2n) is 6.04. The Hall–Kier alpha value is -0.870. The quantitative estimate of drug-likeness (QED) is 0.853. The number of hydrogen-bond donors (Lipinski definition) is 1. The largest absolute Gasteiger partial charge is 0.330 e. The SMILES string of the molecule is CNCCC1CCCCN1Cc1cncn1C1CC1. The molecule has 0 bridgehead atoms. The highest BCUT2D eigenvalue weighted by molar-refractivity contribution is 5.04. The van der Waals surface area contributed by atoms with Gasteiger partial charge in [-0.15, -0.1) is 0 Å². The molecule has 1 atom stereocenters. The van der Waals surface area contributed by atoms with Gasteiger partial charge in [-0.05, 0) is 52.2 Å². The lowest BCUT2D eigenvalue weighted by atomic mass is 9.99. The van der Waals surface area contributed by atoms with Crippen LogP contribution < -0.4 is 5.32 Å². The maximum atomic E-state index is 4.36. The van der Waals surface area contributed by atoms with E-state index in [1.54, 1.807) is 0 Å². The van der Waals surface area contributed by atoms with E-state index in [-0.39, 0.29) is 0 Å². The number of nitrogens with zero attached hydrogens (tertiary/aromatic N) is 3. The van der Waals surface area contributed by atoms with Crippen LogP contribution in [0.3, 0.4) is 0 Å². The molecule has 0 spiro atoms. The molecule has 0 radical (unpaired) electrons. The second kappa shape index (κ2) is 6.06. The van der Waals surface area contributed by atoms with E-state index in [2.05, 4.69) is 33.0 Å². The van der Waals surface area contributed by atoms with Gasteiger partial charge in [-0.2, -0.15) is 0 Å². The van der Waals surface area contributed by atoms with E-state index in [1.165, 1.54) is 50.8 Å².